The average molecular weight is 286 g/mol. The van der Waals surface area contributed by atoms with Crippen molar-refractivity contribution >= 4 is 10.0 Å². The van der Waals surface area contributed by atoms with Gasteiger partial charge in [0, 0.05) is 18.2 Å². The van der Waals surface area contributed by atoms with Gasteiger partial charge in [-0.3, -0.25) is 0 Å². The maximum atomic E-state index is 12.1. The molecule has 0 radical (unpaired) electrons. The van der Waals surface area contributed by atoms with Gasteiger partial charge in [0.15, 0.2) is 11.5 Å². The van der Waals surface area contributed by atoms with Crippen LogP contribution in [0.3, 0.4) is 0 Å². The number of rotatable bonds is 4. The molecule has 106 valence electrons. The zero-order valence-corrected chi connectivity index (χ0v) is 11.8. The second kappa shape index (κ2) is 4.99. The summed E-state index contributed by atoms with van der Waals surface area (Å²) in [5, 5.41) is 0. The van der Waals surface area contributed by atoms with Gasteiger partial charge in [0.05, 0.1) is 4.90 Å². The number of hydrogen-bond acceptors (Lipinski definition) is 5. The molecular weight excluding hydrogens is 268 g/mol. The van der Waals surface area contributed by atoms with Gasteiger partial charge in [-0.05, 0) is 26.0 Å². The highest BCUT2D eigenvalue weighted by Gasteiger charge is 2.21. The molecule has 7 heteroatoms. The highest BCUT2D eigenvalue weighted by molar-refractivity contribution is 7.89. The van der Waals surface area contributed by atoms with E-state index < -0.39 is 15.6 Å². The number of benzene rings is 1. The predicted molar refractivity (Wildman–Crippen MR) is 70.9 cm³/mol. The molecule has 0 aliphatic carbocycles. The fourth-order valence-electron chi connectivity index (χ4n) is 1.56. The molecule has 19 heavy (non-hydrogen) atoms. The van der Waals surface area contributed by atoms with Gasteiger partial charge >= 0.3 is 0 Å². The summed E-state index contributed by atoms with van der Waals surface area (Å²) < 4.78 is 37.4. The minimum atomic E-state index is -3.59. The molecule has 0 saturated heterocycles. The third-order valence-corrected chi connectivity index (χ3v) is 3.94. The summed E-state index contributed by atoms with van der Waals surface area (Å²) in [7, 11) is -3.59. The van der Waals surface area contributed by atoms with Crippen molar-refractivity contribution in [3.8, 4) is 11.5 Å². The summed E-state index contributed by atoms with van der Waals surface area (Å²) in [6.07, 6.45) is 0. The molecule has 0 unspecified atom stereocenters. The third kappa shape index (κ3) is 3.59. The van der Waals surface area contributed by atoms with E-state index in [4.69, 9.17) is 15.2 Å². The number of fused-ring (bicyclic) bond motifs is 1. The third-order valence-electron chi connectivity index (χ3n) is 2.54. The van der Waals surface area contributed by atoms with E-state index in [1.54, 1.807) is 19.9 Å². The Morgan fingerprint density at radius 3 is 2.53 bits per heavy atom. The van der Waals surface area contributed by atoms with E-state index in [-0.39, 0.29) is 11.4 Å². The lowest BCUT2D eigenvalue weighted by Crippen LogP contribution is -2.45. The topological polar surface area (TPSA) is 90.7 Å². The fourth-order valence-corrected chi connectivity index (χ4v) is 2.79. The van der Waals surface area contributed by atoms with Gasteiger partial charge in [-0.1, -0.05) is 0 Å². The van der Waals surface area contributed by atoms with Crippen molar-refractivity contribution in [3.63, 3.8) is 0 Å². The first-order valence-corrected chi connectivity index (χ1v) is 7.44. The average Bonchev–Trinajstić information content (AvgIpc) is 2.35. The summed E-state index contributed by atoms with van der Waals surface area (Å²) in [6.45, 7) is 4.54. The summed E-state index contributed by atoms with van der Waals surface area (Å²) in [6, 6.07) is 4.54. The zero-order valence-electron chi connectivity index (χ0n) is 11.0. The molecule has 1 heterocycles. The van der Waals surface area contributed by atoms with Crippen LogP contribution in [-0.4, -0.2) is 33.7 Å². The number of sulfonamides is 1. The Morgan fingerprint density at radius 1 is 1.26 bits per heavy atom. The molecule has 0 bridgehead atoms. The zero-order chi connectivity index (χ0) is 14.1. The lowest BCUT2D eigenvalue weighted by atomic mass is 10.1. The Balaban J connectivity index is 2.21. The molecule has 0 fully saturated rings. The van der Waals surface area contributed by atoms with Crippen molar-refractivity contribution in [1.82, 2.24) is 4.72 Å². The number of nitrogens with two attached hydrogens (primary N) is 1. The molecule has 6 nitrogen and oxygen atoms in total. The van der Waals surface area contributed by atoms with Crippen molar-refractivity contribution < 1.29 is 17.9 Å². The molecule has 0 spiro atoms. The van der Waals surface area contributed by atoms with E-state index in [9.17, 15) is 8.42 Å². The molecule has 1 aliphatic heterocycles. The van der Waals surface area contributed by atoms with Crippen LogP contribution >= 0.6 is 0 Å². The first-order valence-electron chi connectivity index (χ1n) is 5.96. The van der Waals surface area contributed by atoms with Gasteiger partial charge in [-0.25, -0.2) is 13.1 Å². The van der Waals surface area contributed by atoms with Crippen LogP contribution < -0.4 is 19.9 Å². The quantitative estimate of drug-likeness (QED) is 0.840. The molecule has 1 aromatic carbocycles. The molecule has 1 aromatic rings. The SMILES string of the molecule is CC(C)(N)CNS(=O)(=O)c1ccc2c(c1)OCCO2. The van der Waals surface area contributed by atoms with E-state index in [0.29, 0.717) is 24.7 Å². The van der Waals surface area contributed by atoms with E-state index in [1.807, 2.05) is 0 Å². The Kier molecular flexibility index (Phi) is 3.71. The molecule has 0 amide bonds. The molecule has 0 aromatic heterocycles. The minimum Gasteiger partial charge on any atom is -0.486 e. The van der Waals surface area contributed by atoms with Crippen LogP contribution in [0.4, 0.5) is 0 Å². The monoisotopic (exact) mass is 286 g/mol. The molecule has 0 saturated carbocycles. The predicted octanol–water partition coefficient (Wildman–Crippen LogP) is 0.473. The smallest absolute Gasteiger partial charge is 0.240 e. The van der Waals surface area contributed by atoms with Crippen LogP contribution in [-0.2, 0) is 10.0 Å². The maximum absolute atomic E-state index is 12.1. The highest BCUT2D eigenvalue weighted by Crippen LogP contribution is 2.32. The highest BCUT2D eigenvalue weighted by atomic mass is 32.2. The molecule has 2 rings (SSSR count). The number of hydrogen-bond donors (Lipinski definition) is 2. The largest absolute Gasteiger partial charge is 0.486 e. The van der Waals surface area contributed by atoms with Gasteiger partial charge in [-0.15, -0.1) is 0 Å². The molecule has 3 N–H and O–H groups in total. The molecule has 1 aliphatic rings. The van der Waals surface area contributed by atoms with Crippen LogP contribution in [0.1, 0.15) is 13.8 Å². The van der Waals surface area contributed by atoms with Crippen molar-refractivity contribution in [3.05, 3.63) is 18.2 Å². The second-order valence-electron chi connectivity index (χ2n) is 5.12. The van der Waals surface area contributed by atoms with Gasteiger partial charge in [0.25, 0.3) is 0 Å². The van der Waals surface area contributed by atoms with Gasteiger partial charge in [0.1, 0.15) is 13.2 Å². The Morgan fingerprint density at radius 2 is 1.89 bits per heavy atom. The molecular formula is C12H18N2O4S. The van der Waals surface area contributed by atoms with Crippen molar-refractivity contribution in [2.45, 2.75) is 24.3 Å². The van der Waals surface area contributed by atoms with E-state index in [0.717, 1.165) is 0 Å². The van der Waals surface area contributed by atoms with Crippen LogP contribution in [0.25, 0.3) is 0 Å². The number of nitrogens with one attached hydrogen (secondary N) is 1. The lowest BCUT2D eigenvalue weighted by molar-refractivity contribution is 0.171. The van der Waals surface area contributed by atoms with Crippen molar-refractivity contribution in [2.24, 2.45) is 5.73 Å². The van der Waals surface area contributed by atoms with E-state index in [1.165, 1.54) is 12.1 Å². The number of ether oxygens (including phenoxy) is 2. The Bertz CT molecular complexity index is 564. The lowest BCUT2D eigenvalue weighted by Gasteiger charge is -2.21. The second-order valence-corrected chi connectivity index (χ2v) is 6.89. The maximum Gasteiger partial charge on any atom is 0.240 e. The summed E-state index contributed by atoms with van der Waals surface area (Å²) in [4.78, 5) is 0.140. The van der Waals surface area contributed by atoms with Crippen LogP contribution in [0.2, 0.25) is 0 Å². The van der Waals surface area contributed by atoms with Crippen molar-refractivity contribution in [1.29, 1.82) is 0 Å². The fraction of sp³-hybridized carbons (Fsp3) is 0.500. The van der Waals surface area contributed by atoms with E-state index >= 15 is 0 Å². The normalized spacial score (nSPS) is 15.3. The van der Waals surface area contributed by atoms with Crippen LogP contribution in [0, 0.1) is 0 Å². The van der Waals surface area contributed by atoms with Gasteiger partial charge < -0.3 is 15.2 Å². The van der Waals surface area contributed by atoms with Crippen LogP contribution in [0.5, 0.6) is 11.5 Å². The van der Waals surface area contributed by atoms with E-state index in [2.05, 4.69) is 4.72 Å². The summed E-state index contributed by atoms with van der Waals surface area (Å²) in [5.41, 5.74) is 5.15. The summed E-state index contributed by atoms with van der Waals surface area (Å²) >= 11 is 0. The van der Waals surface area contributed by atoms with Crippen LogP contribution in [0.15, 0.2) is 23.1 Å². The Hall–Kier alpha value is -1.31. The first kappa shape index (κ1) is 14.1. The first-order chi connectivity index (χ1) is 8.78. The summed E-state index contributed by atoms with van der Waals surface area (Å²) in [5.74, 6) is 1.01. The molecule has 0 atom stereocenters. The van der Waals surface area contributed by atoms with Crippen molar-refractivity contribution in [2.75, 3.05) is 19.8 Å². The van der Waals surface area contributed by atoms with Gasteiger partial charge in [-0.2, -0.15) is 0 Å². The van der Waals surface area contributed by atoms with Gasteiger partial charge in [0.2, 0.25) is 10.0 Å². The minimum absolute atomic E-state index is 0.140. The Labute approximate surface area is 112 Å². The standard InChI is InChI=1S/C12H18N2O4S/c1-12(2,13)8-14-19(15,16)9-3-4-10-11(7-9)18-6-5-17-10/h3-4,7,14H,5-6,8,13H2,1-2H3.